The van der Waals surface area contributed by atoms with Gasteiger partial charge in [-0.15, -0.1) is 0 Å². The molecule has 3 nitrogen and oxygen atoms in total. The topological polar surface area (TPSA) is 32.3 Å². The fourth-order valence-corrected chi connectivity index (χ4v) is 2.98. The Kier molecular flexibility index (Phi) is 5.53. The number of benzene rings is 2. The molecule has 26 heavy (non-hydrogen) atoms. The average molecular weight is 383 g/mol. The second-order valence-electron chi connectivity index (χ2n) is 6.36. The lowest BCUT2D eigenvalue weighted by Crippen LogP contribution is -2.34. The summed E-state index contributed by atoms with van der Waals surface area (Å²) < 4.78 is 39.4. The van der Waals surface area contributed by atoms with E-state index in [4.69, 9.17) is 11.6 Å². The summed E-state index contributed by atoms with van der Waals surface area (Å²) in [6, 6.07) is 13.3. The Morgan fingerprint density at radius 1 is 1.15 bits per heavy atom. The Morgan fingerprint density at radius 3 is 2.46 bits per heavy atom. The van der Waals surface area contributed by atoms with E-state index in [1.54, 1.807) is 0 Å². The number of amides is 1. The van der Waals surface area contributed by atoms with Crippen molar-refractivity contribution in [1.29, 1.82) is 0 Å². The predicted octanol–water partition coefficient (Wildman–Crippen LogP) is 4.96. The fourth-order valence-electron chi connectivity index (χ4n) is 2.81. The summed E-state index contributed by atoms with van der Waals surface area (Å²) in [6.07, 6.45) is -2.60. The molecule has 2 aromatic carbocycles. The van der Waals surface area contributed by atoms with Gasteiger partial charge < -0.3 is 5.32 Å². The molecule has 0 heterocycles. The van der Waals surface area contributed by atoms with Crippen LogP contribution in [0.4, 0.5) is 18.9 Å². The zero-order valence-corrected chi connectivity index (χ0v) is 14.6. The number of nitrogens with one attached hydrogen (secondary N) is 1. The Hall–Kier alpha value is -2.05. The number of carbonyl (C=O) groups excluding carboxylic acids is 1. The molecule has 3 rings (SSSR count). The molecule has 1 saturated carbocycles. The van der Waals surface area contributed by atoms with Crippen molar-refractivity contribution >= 4 is 23.2 Å². The average Bonchev–Trinajstić information content (AvgIpc) is 3.41. The Balaban J connectivity index is 1.70. The minimum absolute atomic E-state index is 0.0287. The molecule has 1 amide bonds. The standard InChI is InChI=1S/C19H18ClF3N2O/c20-14-6-9-17(16(10-14)19(21,22)23)24-18(26)12-25(15-7-8-15)11-13-4-2-1-3-5-13/h1-6,9-10,15H,7-8,11-12H2,(H,24,26). The summed E-state index contributed by atoms with van der Waals surface area (Å²) in [4.78, 5) is 14.4. The van der Waals surface area contributed by atoms with Gasteiger partial charge in [0.1, 0.15) is 0 Å². The van der Waals surface area contributed by atoms with E-state index >= 15 is 0 Å². The van der Waals surface area contributed by atoms with Crippen molar-refractivity contribution in [3.05, 3.63) is 64.7 Å². The lowest BCUT2D eigenvalue weighted by Gasteiger charge is -2.22. The number of nitrogens with zero attached hydrogens (tertiary/aromatic N) is 1. The van der Waals surface area contributed by atoms with Gasteiger partial charge in [0.2, 0.25) is 5.91 Å². The molecule has 0 aromatic heterocycles. The van der Waals surface area contributed by atoms with E-state index in [0.717, 1.165) is 24.5 Å². The summed E-state index contributed by atoms with van der Waals surface area (Å²) in [5.41, 5.74) is -0.156. The van der Waals surface area contributed by atoms with Crippen LogP contribution in [0.3, 0.4) is 0 Å². The van der Waals surface area contributed by atoms with Gasteiger partial charge >= 0.3 is 6.18 Å². The number of halogens is 4. The van der Waals surface area contributed by atoms with Crippen LogP contribution in [0.2, 0.25) is 5.02 Å². The van der Waals surface area contributed by atoms with Crippen LogP contribution in [0.15, 0.2) is 48.5 Å². The molecular weight excluding hydrogens is 365 g/mol. The maximum absolute atomic E-state index is 13.1. The first-order valence-electron chi connectivity index (χ1n) is 8.27. The highest BCUT2D eigenvalue weighted by Gasteiger charge is 2.35. The summed E-state index contributed by atoms with van der Waals surface area (Å²) >= 11 is 5.66. The monoisotopic (exact) mass is 382 g/mol. The molecule has 1 aliphatic rings. The third-order valence-electron chi connectivity index (χ3n) is 4.20. The third-order valence-corrected chi connectivity index (χ3v) is 4.43. The largest absolute Gasteiger partial charge is 0.418 e. The second kappa shape index (κ2) is 7.68. The van der Waals surface area contributed by atoms with Crippen LogP contribution in [0.1, 0.15) is 24.0 Å². The Morgan fingerprint density at radius 2 is 1.85 bits per heavy atom. The highest BCUT2D eigenvalue weighted by atomic mass is 35.5. The fraction of sp³-hybridized carbons (Fsp3) is 0.316. The quantitative estimate of drug-likeness (QED) is 0.765. The van der Waals surface area contributed by atoms with E-state index in [1.165, 1.54) is 12.1 Å². The molecule has 1 N–H and O–H groups in total. The van der Waals surface area contributed by atoms with Gasteiger partial charge in [0.15, 0.2) is 0 Å². The van der Waals surface area contributed by atoms with Crippen LogP contribution in [0, 0.1) is 0 Å². The van der Waals surface area contributed by atoms with Crippen molar-refractivity contribution in [3.63, 3.8) is 0 Å². The lowest BCUT2D eigenvalue weighted by molar-refractivity contribution is -0.137. The number of hydrogen-bond donors (Lipinski definition) is 1. The van der Waals surface area contributed by atoms with Gasteiger partial charge in [0.05, 0.1) is 17.8 Å². The first-order valence-corrected chi connectivity index (χ1v) is 8.65. The summed E-state index contributed by atoms with van der Waals surface area (Å²) in [6.45, 7) is 0.630. The highest BCUT2D eigenvalue weighted by Crippen LogP contribution is 2.36. The number of hydrogen-bond acceptors (Lipinski definition) is 2. The van der Waals surface area contributed by atoms with Gasteiger partial charge in [-0.2, -0.15) is 13.2 Å². The third kappa shape index (κ3) is 4.99. The molecule has 0 unspecified atom stereocenters. The molecule has 7 heteroatoms. The van der Waals surface area contributed by atoms with Crippen LogP contribution < -0.4 is 5.32 Å². The minimum Gasteiger partial charge on any atom is -0.324 e. The van der Waals surface area contributed by atoms with E-state index < -0.39 is 17.6 Å². The SMILES string of the molecule is O=C(CN(Cc1ccccc1)C1CC1)Nc1ccc(Cl)cc1C(F)(F)F. The van der Waals surface area contributed by atoms with Crippen molar-refractivity contribution in [2.75, 3.05) is 11.9 Å². The first-order chi connectivity index (χ1) is 12.3. The second-order valence-corrected chi connectivity index (χ2v) is 6.79. The number of carbonyl (C=O) groups is 1. The minimum atomic E-state index is -4.59. The van der Waals surface area contributed by atoms with Crippen LogP contribution in [-0.4, -0.2) is 23.4 Å². The van der Waals surface area contributed by atoms with Crippen LogP contribution in [0.5, 0.6) is 0 Å². The van der Waals surface area contributed by atoms with E-state index in [2.05, 4.69) is 5.32 Å². The van der Waals surface area contributed by atoms with Crippen molar-refractivity contribution in [1.82, 2.24) is 4.90 Å². The van der Waals surface area contributed by atoms with Crippen LogP contribution >= 0.6 is 11.6 Å². The molecule has 0 spiro atoms. The van der Waals surface area contributed by atoms with Gasteiger partial charge in [-0.1, -0.05) is 41.9 Å². The van der Waals surface area contributed by atoms with Crippen molar-refractivity contribution in [2.24, 2.45) is 0 Å². The van der Waals surface area contributed by atoms with Gasteiger partial charge in [0.25, 0.3) is 0 Å². The van der Waals surface area contributed by atoms with Gasteiger partial charge in [-0.05, 0) is 36.6 Å². The van der Waals surface area contributed by atoms with E-state index in [0.29, 0.717) is 12.6 Å². The molecule has 0 aliphatic heterocycles. The van der Waals surface area contributed by atoms with Gasteiger partial charge in [-0.3, -0.25) is 9.69 Å². The van der Waals surface area contributed by atoms with Gasteiger partial charge in [0, 0.05) is 17.6 Å². The van der Waals surface area contributed by atoms with E-state index in [-0.39, 0.29) is 17.3 Å². The molecule has 0 atom stereocenters. The normalized spacial score (nSPS) is 14.5. The lowest BCUT2D eigenvalue weighted by atomic mass is 10.1. The summed E-state index contributed by atoms with van der Waals surface area (Å²) in [5.74, 6) is -0.472. The molecular formula is C19H18ClF3N2O. The zero-order valence-electron chi connectivity index (χ0n) is 13.9. The van der Waals surface area contributed by atoms with Gasteiger partial charge in [-0.25, -0.2) is 0 Å². The number of rotatable bonds is 6. The van der Waals surface area contributed by atoms with E-state index in [9.17, 15) is 18.0 Å². The Labute approximate surface area is 154 Å². The molecule has 1 aliphatic carbocycles. The molecule has 0 radical (unpaired) electrons. The number of alkyl halides is 3. The molecule has 1 fully saturated rings. The maximum Gasteiger partial charge on any atom is 0.418 e. The zero-order chi connectivity index (χ0) is 18.7. The van der Waals surface area contributed by atoms with Crippen LogP contribution in [-0.2, 0) is 17.5 Å². The predicted molar refractivity (Wildman–Crippen MR) is 95.0 cm³/mol. The summed E-state index contributed by atoms with van der Waals surface area (Å²) in [7, 11) is 0. The molecule has 0 bridgehead atoms. The van der Waals surface area contributed by atoms with Crippen molar-refractivity contribution in [3.8, 4) is 0 Å². The molecule has 2 aromatic rings. The maximum atomic E-state index is 13.1. The molecule has 0 saturated heterocycles. The first kappa shape index (κ1) is 18.7. The van der Waals surface area contributed by atoms with Crippen molar-refractivity contribution < 1.29 is 18.0 Å². The van der Waals surface area contributed by atoms with Crippen LogP contribution in [0.25, 0.3) is 0 Å². The number of anilines is 1. The summed E-state index contributed by atoms with van der Waals surface area (Å²) in [5, 5.41) is 2.36. The highest BCUT2D eigenvalue weighted by molar-refractivity contribution is 6.30. The smallest absolute Gasteiger partial charge is 0.324 e. The Bertz CT molecular complexity index is 776. The molecule has 138 valence electrons. The van der Waals surface area contributed by atoms with E-state index in [1.807, 2.05) is 35.2 Å². The van der Waals surface area contributed by atoms with Crippen molar-refractivity contribution in [2.45, 2.75) is 31.6 Å².